The minimum Gasteiger partial charge on any atom is -0.303 e. The first-order valence-electron chi connectivity index (χ1n) is 9.07. The van der Waals surface area contributed by atoms with E-state index in [1.165, 1.54) is 51.5 Å². The van der Waals surface area contributed by atoms with Crippen molar-refractivity contribution in [3.63, 3.8) is 0 Å². The van der Waals surface area contributed by atoms with Gasteiger partial charge in [0.25, 0.3) is 0 Å². The van der Waals surface area contributed by atoms with Crippen LogP contribution in [0.25, 0.3) is 0 Å². The van der Waals surface area contributed by atoms with Gasteiger partial charge in [0, 0.05) is 18.6 Å². The van der Waals surface area contributed by atoms with Crippen LogP contribution < -0.4 is 5.32 Å². The van der Waals surface area contributed by atoms with Crippen molar-refractivity contribution >= 4 is 0 Å². The summed E-state index contributed by atoms with van der Waals surface area (Å²) in [6.07, 6.45) is 11.8. The lowest BCUT2D eigenvalue weighted by Crippen LogP contribution is -2.45. The van der Waals surface area contributed by atoms with Gasteiger partial charge in [-0.25, -0.2) is 0 Å². The van der Waals surface area contributed by atoms with E-state index < -0.39 is 0 Å². The lowest BCUT2D eigenvalue weighted by atomic mass is 9.88. The van der Waals surface area contributed by atoms with Crippen molar-refractivity contribution in [2.24, 2.45) is 17.8 Å². The summed E-state index contributed by atoms with van der Waals surface area (Å²) in [6, 6.07) is 3.88. The summed E-state index contributed by atoms with van der Waals surface area (Å²) in [5.41, 5.74) is -0.214. The summed E-state index contributed by atoms with van der Waals surface area (Å²) in [7, 11) is 2.31. The molecular weight excluding hydrogens is 258 g/mol. The fourth-order valence-corrected chi connectivity index (χ4v) is 5.40. The Morgan fingerprint density at radius 2 is 2.05 bits per heavy atom. The van der Waals surface area contributed by atoms with Crippen LogP contribution in [0.15, 0.2) is 0 Å². The quantitative estimate of drug-likeness (QED) is 0.845. The molecule has 4 fully saturated rings. The van der Waals surface area contributed by atoms with Gasteiger partial charge in [-0.2, -0.15) is 5.26 Å². The van der Waals surface area contributed by atoms with Crippen LogP contribution in [0.4, 0.5) is 0 Å². The first-order valence-corrected chi connectivity index (χ1v) is 9.07. The van der Waals surface area contributed by atoms with Gasteiger partial charge in [0.1, 0.15) is 5.54 Å². The summed E-state index contributed by atoms with van der Waals surface area (Å²) in [4.78, 5) is 2.60. The van der Waals surface area contributed by atoms with Crippen molar-refractivity contribution in [3.05, 3.63) is 0 Å². The molecule has 116 valence electrons. The maximum atomic E-state index is 9.63. The number of nitriles is 1. The van der Waals surface area contributed by atoms with Crippen molar-refractivity contribution < 1.29 is 0 Å². The monoisotopic (exact) mass is 287 g/mol. The number of hydrogen-bond acceptors (Lipinski definition) is 3. The molecule has 5 unspecified atom stereocenters. The van der Waals surface area contributed by atoms with Gasteiger partial charge in [0.15, 0.2) is 0 Å². The summed E-state index contributed by atoms with van der Waals surface area (Å²) < 4.78 is 0. The molecule has 21 heavy (non-hydrogen) atoms. The van der Waals surface area contributed by atoms with E-state index in [2.05, 4.69) is 23.3 Å². The Labute approximate surface area is 129 Å². The van der Waals surface area contributed by atoms with Crippen LogP contribution in [-0.2, 0) is 0 Å². The number of nitrogens with zero attached hydrogens (tertiary/aromatic N) is 2. The first kappa shape index (κ1) is 14.0. The van der Waals surface area contributed by atoms with Crippen molar-refractivity contribution in [2.45, 2.75) is 75.4 Å². The molecule has 3 nitrogen and oxygen atoms in total. The third kappa shape index (κ3) is 2.73. The molecular formula is C18H29N3. The third-order valence-corrected chi connectivity index (χ3v) is 6.79. The van der Waals surface area contributed by atoms with Gasteiger partial charge in [0.2, 0.25) is 0 Å². The van der Waals surface area contributed by atoms with Crippen molar-refractivity contribution in [1.29, 1.82) is 5.26 Å². The van der Waals surface area contributed by atoms with E-state index in [1.807, 2.05) is 0 Å². The second-order valence-corrected chi connectivity index (χ2v) is 8.38. The smallest absolute Gasteiger partial charge is 0.108 e. The molecule has 0 heterocycles. The highest BCUT2D eigenvalue weighted by molar-refractivity contribution is 5.15. The number of fused-ring (bicyclic) bond motifs is 2. The first-order chi connectivity index (χ1) is 10.2. The SMILES string of the molecule is CN(CC1CC2CCC1C2)C1CCC(C#N)(NC2CC2)C1. The van der Waals surface area contributed by atoms with Crippen LogP contribution >= 0.6 is 0 Å². The van der Waals surface area contributed by atoms with Gasteiger partial charge in [0.05, 0.1) is 6.07 Å². The maximum Gasteiger partial charge on any atom is 0.108 e. The average Bonchev–Trinajstić information content (AvgIpc) is 2.92. The topological polar surface area (TPSA) is 39.1 Å². The number of nitrogens with one attached hydrogen (secondary N) is 1. The third-order valence-electron chi connectivity index (χ3n) is 6.79. The predicted octanol–water partition coefficient (Wildman–Crippen LogP) is 2.92. The summed E-state index contributed by atoms with van der Waals surface area (Å²) >= 11 is 0. The number of hydrogen-bond donors (Lipinski definition) is 1. The molecule has 5 atom stereocenters. The van der Waals surface area contributed by atoms with E-state index in [-0.39, 0.29) is 5.54 Å². The van der Waals surface area contributed by atoms with Gasteiger partial charge in [-0.1, -0.05) is 6.42 Å². The molecule has 0 aromatic carbocycles. The molecule has 1 N–H and O–H groups in total. The molecule has 0 amide bonds. The van der Waals surface area contributed by atoms with Crippen molar-refractivity contribution in [1.82, 2.24) is 10.2 Å². The van der Waals surface area contributed by atoms with Gasteiger partial charge < -0.3 is 4.90 Å². The zero-order chi connectivity index (χ0) is 14.4. The van der Waals surface area contributed by atoms with E-state index in [4.69, 9.17) is 0 Å². The molecule has 0 radical (unpaired) electrons. The molecule has 0 aromatic heterocycles. The minimum atomic E-state index is -0.214. The summed E-state index contributed by atoms with van der Waals surface area (Å²) in [5.74, 6) is 3.01. The normalized spacial score (nSPS) is 45.4. The zero-order valence-electron chi connectivity index (χ0n) is 13.4. The van der Waals surface area contributed by atoms with Crippen molar-refractivity contribution in [2.75, 3.05) is 13.6 Å². The molecule has 0 saturated heterocycles. The molecule has 0 aromatic rings. The van der Waals surface area contributed by atoms with Gasteiger partial charge in [-0.15, -0.1) is 0 Å². The van der Waals surface area contributed by atoms with Crippen LogP contribution in [0.1, 0.15) is 57.8 Å². The standard InChI is InChI=1S/C18H29N3/c1-21(11-15-9-13-2-3-14(15)8-13)17-6-7-18(10-17,12-19)20-16-4-5-16/h13-17,20H,2-11H2,1H3. The van der Waals surface area contributed by atoms with E-state index in [0.717, 1.165) is 30.6 Å². The largest absolute Gasteiger partial charge is 0.303 e. The molecule has 4 saturated carbocycles. The van der Waals surface area contributed by atoms with Gasteiger partial charge in [-0.05, 0) is 76.2 Å². The molecule has 4 aliphatic rings. The highest BCUT2D eigenvalue weighted by Gasteiger charge is 2.45. The van der Waals surface area contributed by atoms with E-state index in [0.29, 0.717) is 12.1 Å². The summed E-state index contributed by atoms with van der Waals surface area (Å²) in [5, 5.41) is 13.3. The maximum absolute atomic E-state index is 9.63. The molecule has 0 aliphatic heterocycles. The Morgan fingerprint density at radius 1 is 1.19 bits per heavy atom. The molecule has 2 bridgehead atoms. The second kappa shape index (κ2) is 5.25. The van der Waals surface area contributed by atoms with Crippen LogP contribution in [-0.4, -0.2) is 36.1 Å². The Bertz CT molecular complexity index is 438. The lowest BCUT2D eigenvalue weighted by Gasteiger charge is -2.32. The van der Waals surface area contributed by atoms with E-state index in [9.17, 15) is 5.26 Å². The van der Waals surface area contributed by atoms with Gasteiger partial charge >= 0.3 is 0 Å². The molecule has 3 heteroatoms. The van der Waals surface area contributed by atoms with Crippen LogP contribution in [0.5, 0.6) is 0 Å². The Kier molecular flexibility index (Phi) is 3.51. The van der Waals surface area contributed by atoms with Gasteiger partial charge in [-0.3, -0.25) is 5.32 Å². The molecule has 4 aliphatic carbocycles. The minimum absolute atomic E-state index is 0.214. The zero-order valence-corrected chi connectivity index (χ0v) is 13.4. The second-order valence-electron chi connectivity index (χ2n) is 8.38. The highest BCUT2D eigenvalue weighted by atomic mass is 15.2. The average molecular weight is 287 g/mol. The lowest BCUT2D eigenvalue weighted by molar-refractivity contribution is 0.170. The Hall–Kier alpha value is -0.590. The Morgan fingerprint density at radius 3 is 2.67 bits per heavy atom. The Balaban J connectivity index is 1.33. The number of rotatable bonds is 5. The van der Waals surface area contributed by atoms with E-state index in [1.54, 1.807) is 0 Å². The molecule has 4 rings (SSSR count). The van der Waals surface area contributed by atoms with Crippen LogP contribution in [0.3, 0.4) is 0 Å². The fraction of sp³-hybridized carbons (Fsp3) is 0.944. The van der Waals surface area contributed by atoms with Crippen molar-refractivity contribution in [3.8, 4) is 6.07 Å². The fourth-order valence-electron chi connectivity index (χ4n) is 5.40. The van der Waals surface area contributed by atoms with E-state index >= 15 is 0 Å². The molecule has 0 spiro atoms. The van der Waals surface area contributed by atoms with Crippen LogP contribution in [0, 0.1) is 29.1 Å². The predicted molar refractivity (Wildman–Crippen MR) is 83.7 cm³/mol. The highest BCUT2D eigenvalue weighted by Crippen LogP contribution is 2.49. The summed E-state index contributed by atoms with van der Waals surface area (Å²) in [6.45, 7) is 1.27. The van der Waals surface area contributed by atoms with Crippen LogP contribution in [0.2, 0.25) is 0 Å².